The van der Waals surface area contributed by atoms with Crippen molar-refractivity contribution in [2.45, 2.75) is 17.2 Å². The van der Waals surface area contributed by atoms with Crippen LogP contribution in [0.2, 0.25) is 0 Å². The molecule has 0 aliphatic carbocycles. The van der Waals surface area contributed by atoms with E-state index in [-0.39, 0.29) is 0 Å². The standard InChI is InChI=1S/C14H7ClF6O2S/c15-24(22,23)11-6-2-5-10(14(19,20)21)12(11)8-3-1-4-9(7-8)13(16,17)18/h1-7H. The van der Waals surface area contributed by atoms with Crippen LogP contribution >= 0.6 is 10.7 Å². The Morgan fingerprint density at radius 1 is 0.833 bits per heavy atom. The van der Waals surface area contributed by atoms with Crippen LogP contribution in [0.25, 0.3) is 11.1 Å². The summed E-state index contributed by atoms with van der Waals surface area (Å²) < 4.78 is 101. The Hall–Kier alpha value is -1.74. The van der Waals surface area contributed by atoms with E-state index in [0.717, 1.165) is 24.3 Å². The van der Waals surface area contributed by atoms with Crippen LogP contribution < -0.4 is 0 Å². The van der Waals surface area contributed by atoms with Gasteiger partial charge in [-0.25, -0.2) is 8.42 Å². The van der Waals surface area contributed by atoms with E-state index in [9.17, 15) is 34.8 Å². The van der Waals surface area contributed by atoms with Gasteiger partial charge in [0.25, 0.3) is 9.05 Å². The van der Waals surface area contributed by atoms with Crippen molar-refractivity contribution < 1.29 is 34.8 Å². The molecule has 0 heterocycles. The van der Waals surface area contributed by atoms with Crippen LogP contribution in [0.3, 0.4) is 0 Å². The molecule has 0 saturated heterocycles. The average molecular weight is 389 g/mol. The fourth-order valence-corrected chi connectivity index (χ4v) is 3.22. The summed E-state index contributed by atoms with van der Waals surface area (Å²) in [7, 11) is 0.526. The molecular formula is C14H7ClF6O2S. The maximum absolute atomic E-state index is 13.2. The van der Waals surface area contributed by atoms with E-state index in [0.29, 0.717) is 18.2 Å². The molecule has 0 N–H and O–H groups in total. The Kier molecular flexibility index (Phi) is 4.62. The number of hydrogen-bond donors (Lipinski definition) is 0. The number of hydrogen-bond acceptors (Lipinski definition) is 2. The molecular weight excluding hydrogens is 382 g/mol. The summed E-state index contributed by atoms with van der Waals surface area (Å²) in [6, 6.07) is 5.12. The molecule has 0 aliphatic rings. The number of halogens is 7. The van der Waals surface area contributed by atoms with Gasteiger partial charge in [-0.2, -0.15) is 26.3 Å². The third kappa shape index (κ3) is 3.84. The lowest BCUT2D eigenvalue weighted by molar-refractivity contribution is -0.137. The van der Waals surface area contributed by atoms with Crippen LogP contribution in [0, 0.1) is 0 Å². The Labute approximate surface area is 137 Å². The van der Waals surface area contributed by atoms with Crippen molar-refractivity contribution in [3.05, 3.63) is 53.6 Å². The molecule has 0 spiro atoms. The first-order valence-electron chi connectivity index (χ1n) is 6.14. The van der Waals surface area contributed by atoms with E-state index in [1.807, 2.05) is 0 Å². The monoisotopic (exact) mass is 388 g/mol. The van der Waals surface area contributed by atoms with Crippen molar-refractivity contribution in [2.75, 3.05) is 0 Å². The molecule has 2 aromatic rings. The zero-order chi connectivity index (χ0) is 18.3. The van der Waals surface area contributed by atoms with Gasteiger partial charge in [-0.3, -0.25) is 0 Å². The van der Waals surface area contributed by atoms with Crippen molar-refractivity contribution in [1.82, 2.24) is 0 Å². The van der Waals surface area contributed by atoms with Crippen LogP contribution in [-0.4, -0.2) is 8.42 Å². The van der Waals surface area contributed by atoms with E-state index in [4.69, 9.17) is 10.7 Å². The minimum absolute atomic E-state index is 0.441. The molecule has 0 bridgehead atoms. The Morgan fingerprint density at radius 2 is 1.42 bits per heavy atom. The third-order valence-electron chi connectivity index (χ3n) is 3.07. The van der Waals surface area contributed by atoms with Gasteiger partial charge >= 0.3 is 12.4 Å². The first-order chi connectivity index (χ1) is 10.8. The summed E-state index contributed by atoms with van der Waals surface area (Å²) in [5, 5.41) is 0. The molecule has 130 valence electrons. The number of benzene rings is 2. The van der Waals surface area contributed by atoms with Gasteiger partial charge in [0, 0.05) is 16.2 Å². The predicted molar refractivity (Wildman–Crippen MR) is 74.9 cm³/mol. The van der Waals surface area contributed by atoms with Gasteiger partial charge in [0.1, 0.15) is 0 Å². The van der Waals surface area contributed by atoms with Gasteiger partial charge in [0.05, 0.1) is 16.0 Å². The molecule has 0 saturated carbocycles. The second-order valence-corrected chi connectivity index (χ2v) is 7.23. The van der Waals surface area contributed by atoms with E-state index < -0.39 is 48.6 Å². The molecule has 0 aromatic heterocycles. The minimum atomic E-state index is -4.98. The van der Waals surface area contributed by atoms with Gasteiger partial charge in [-0.1, -0.05) is 18.2 Å². The summed E-state index contributed by atoms with van der Waals surface area (Å²) in [6.45, 7) is 0. The largest absolute Gasteiger partial charge is 0.417 e. The zero-order valence-corrected chi connectivity index (χ0v) is 13.0. The highest BCUT2D eigenvalue weighted by atomic mass is 35.7. The minimum Gasteiger partial charge on any atom is -0.207 e. The molecule has 2 nitrogen and oxygen atoms in total. The second-order valence-electron chi connectivity index (χ2n) is 4.69. The first kappa shape index (κ1) is 18.6. The van der Waals surface area contributed by atoms with Gasteiger partial charge in [-0.15, -0.1) is 0 Å². The van der Waals surface area contributed by atoms with Crippen LogP contribution in [0.15, 0.2) is 47.4 Å². The topological polar surface area (TPSA) is 34.1 Å². The maximum Gasteiger partial charge on any atom is 0.417 e. The quantitative estimate of drug-likeness (QED) is 0.515. The number of alkyl halides is 6. The fraction of sp³-hybridized carbons (Fsp3) is 0.143. The van der Waals surface area contributed by atoms with Gasteiger partial charge in [0.15, 0.2) is 0 Å². The average Bonchev–Trinajstić information content (AvgIpc) is 2.44. The van der Waals surface area contributed by atoms with Crippen molar-refractivity contribution >= 4 is 19.7 Å². The first-order valence-corrected chi connectivity index (χ1v) is 8.45. The lowest BCUT2D eigenvalue weighted by atomic mass is 9.97. The molecule has 0 atom stereocenters. The van der Waals surface area contributed by atoms with Crippen LogP contribution in [-0.2, 0) is 21.4 Å². The summed E-state index contributed by atoms with van der Waals surface area (Å²) in [5.74, 6) is 0. The van der Waals surface area contributed by atoms with E-state index in [1.54, 1.807) is 0 Å². The lowest BCUT2D eigenvalue weighted by Crippen LogP contribution is -2.11. The summed E-state index contributed by atoms with van der Waals surface area (Å²) in [5.41, 5.74) is -4.10. The van der Waals surface area contributed by atoms with E-state index in [1.165, 1.54) is 0 Å². The highest BCUT2D eigenvalue weighted by molar-refractivity contribution is 8.13. The van der Waals surface area contributed by atoms with Crippen molar-refractivity contribution in [3.63, 3.8) is 0 Å². The maximum atomic E-state index is 13.2. The highest BCUT2D eigenvalue weighted by Gasteiger charge is 2.37. The fourth-order valence-electron chi connectivity index (χ4n) is 2.12. The SMILES string of the molecule is O=S(=O)(Cl)c1cccc(C(F)(F)F)c1-c1cccc(C(F)(F)F)c1. The molecule has 24 heavy (non-hydrogen) atoms. The van der Waals surface area contributed by atoms with E-state index >= 15 is 0 Å². The molecule has 10 heteroatoms. The van der Waals surface area contributed by atoms with Gasteiger partial charge in [0.2, 0.25) is 0 Å². The summed E-state index contributed by atoms with van der Waals surface area (Å²) >= 11 is 0. The summed E-state index contributed by atoms with van der Waals surface area (Å²) in [6.07, 6.45) is -9.79. The third-order valence-corrected chi connectivity index (χ3v) is 4.44. The normalized spacial score (nSPS) is 13.1. The second kappa shape index (κ2) is 5.96. The predicted octanol–water partition coefficient (Wildman–Crippen LogP) is 5.32. The molecule has 0 aliphatic heterocycles. The number of rotatable bonds is 2. The Morgan fingerprint density at radius 3 is 1.92 bits per heavy atom. The van der Waals surface area contributed by atoms with Crippen molar-refractivity contribution in [3.8, 4) is 11.1 Å². The van der Waals surface area contributed by atoms with Crippen molar-refractivity contribution in [2.24, 2.45) is 0 Å². The molecule has 2 rings (SSSR count). The van der Waals surface area contributed by atoms with Gasteiger partial charge < -0.3 is 0 Å². The highest BCUT2D eigenvalue weighted by Crippen LogP contribution is 2.42. The van der Waals surface area contributed by atoms with Gasteiger partial charge in [-0.05, 0) is 29.8 Å². The Bertz CT molecular complexity index is 872. The van der Waals surface area contributed by atoms with Crippen molar-refractivity contribution in [1.29, 1.82) is 0 Å². The lowest BCUT2D eigenvalue weighted by Gasteiger charge is -2.17. The molecule has 0 fully saturated rings. The van der Waals surface area contributed by atoms with Crippen LogP contribution in [0.1, 0.15) is 11.1 Å². The molecule has 2 aromatic carbocycles. The molecule has 0 amide bonds. The molecule has 0 unspecified atom stereocenters. The van der Waals surface area contributed by atoms with Crippen LogP contribution in [0.4, 0.5) is 26.3 Å². The zero-order valence-electron chi connectivity index (χ0n) is 11.4. The van der Waals surface area contributed by atoms with Crippen LogP contribution in [0.5, 0.6) is 0 Å². The smallest absolute Gasteiger partial charge is 0.207 e. The Balaban J connectivity index is 2.87. The van der Waals surface area contributed by atoms with E-state index in [2.05, 4.69) is 0 Å². The molecule has 0 radical (unpaired) electrons. The summed E-state index contributed by atoms with van der Waals surface area (Å²) in [4.78, 5) is -0.918.